The zero-order valence-corrected chi connectivity index (χ0v) is 69.0. The van der Waals surface area contributed by atoms with Crippen molar-refractivity contribution in [2.45, 2.75) is 78.6 Å². The number of aromatic nitrogens is 6. The molecule has 0 atom stereocenters. The van der Waals surface area contributed by atoms with E-state index in [0.717, 1.165) is 115 Å². The lowest BCUT2D eigenvalue weighted by Gasteiger charge is -2.44. The maximum atomic E-state index is 7.67. The van der Waals surface area contributed by atoms with Gasteiger partial charge in [0, 0.05) is 101 Å². The lowest BCUT2D eigenvalue weighted by molar-refractivity contribution is 0.589. The van der Waals surface area contributed by atoms with Crippen LogP contribution in [0.3, 0.4) is 0 Å². The standard InChI is InChI=1S/C54H44BN5.C54H46ClN5/c1-54(2,3)41-30-31-56-46(34-41)39-26-28-47-43(32-39)55-44-33-40(53-57-45-22-13-14-23-49(45)60(53)42-20-11-6-12-21-42)27-29-48(44)59(36-38-18-9-5-10-19-38)51-25-15-24-50(52(51)55)58(47)35-37-16-7-4-8-17-37;1-54(2,3)43-34-35-56-48(36-43)41-26-30-44(31-27-41)58(37-39-16-7-4-8-17-39)50-24-15-25-51(52(50)55)59(38-40-18-9-5-10-19-40)45-32-28-42(29-33-45)53-57-47-22-13-14-23-49(47)60(53)46-20-11-6-12-21-46/h4-34H,35-36H2,1-3H3;4-36H,37-38H2,1-3H3. The molecule has 0 aliphatic carbocycles. The van der Waals surface area contributed by atoms with Gasteiger partial charge in [-0.3, -0.25) is 19.1 Å². The number of hydrogen-bond donors (Lipinski definition) is 0. The monoisotopic (exact) mass is 1570 g/mol. The lowest BCUT2D eigenvalue weighted by atomic mass is 9.33. The van der Waals surface area contributed by atoms with Gasteiger partial charge < -0.3 is 19.6 Å². The molecule has 120 heavy (non-hydrogen) atoms. The molecule has 0 N–H and O–H groups in total. The second-order valence-corrected chi connectivity index (χ2v) is 33.6. The largest absolute Gasteiger partial charge is 0.338 e. The maximum Gasteiger partial charge on any atom is 0.252 e. The SMILES string of the molecule is CC(C)(C)c1ccnc(-c2ccc(N(Cc3ccccc3)c3cccc(N(Cc4ccccc4)c4ccc(-c5nc6ccccc6n5-c5ccccc5)cc4)c3Cl)cc2)c1.CC(C)(C)c1ccnc(-c2ccc3c(c2)B2c4cc(-c5nc6ccccc6n5-c5ccccc5)ccc4N(Cc4ccccc4)c4cccc(c42)N3Cc2ccccc2)c1. The Balaban J connectivity index is 0.000000159. The zero-order valence-electron chi connectivity index (χ0n) is 68.2. The highest BCUT2D eigenvalue weighted by Gasteiger charge is 2.43. The average Bonchev–Trinajstić information content (AvgIpc) is 0.719. The molecule has 6 heterocycles. The van der Waals surface area contributed by atoms with Crippen LogP contribution in [0.15, 0.2) is 389 Å². The highest BCUT2D eigenvalue weighted by molar-refractivity contribution is 7.00. The molecular weight excluding hydrogens is 1480 g/mol. The Morgan fingerprint density at radius 3 is 1.14 bits per heavy atom. The van der Waals surface area contributed by atoms with Crippen molar-refractivity contribution < 1.29 is 0 Å². The van der Waals surface area contributed by atoms with E-state index in [1.54, 1.807) is 0 Å². The maximum absolute atomic E-state index is 7.67. The van der Waals surface area contributed by atoms with Crippen molar-refractivity contribution in [3.8, 4) is 56.7 Å². The Hall–Kier alpha value is -14.1. The van der Waals surface area contributed by atoms with Gasteiger partial charge in [0.15, 0.2) is 0 Å². The number of nitrogens with zero attached hydrogens (tertiary/aromatic N) is 10. The number of anilines is 8. The van der Waals surface area contributed by atoms with Crippen molar-refractivity contribution >= 4 is 102 Å². The molecule has 4 aromatic heterocycles. The number of hydrogen-bond acceptors (Lipinski definition) is 8. The predicted octanol–water partition coefficient (Wildman–Crippen LogP) is 25.3. The summed E-state index contributed by atoms with van der Waals surface area (Å²) in [5.41, 5.74) is 32.6. The van der Waals surface area contributed by atoms with E-state index in [4.69, 9.17) is 31.5 Å². The summed E-state index contributed by atoms with van der Waals surface area (Å²) < 4.78 is 4.54. The summed E-state index contributed by atoms with van der Waals surface area (Å²) in [5.74, 6) is 1.82. The molecule has 0 unspecified atom stereocenters. The fourth-order valence-electron chi connectivity index (χ4n) is 17.2. The van der Waals surface area contributed by atoms with Gasteiger partial charge in [-0.15, -0.1) is 0 Å². The van der Waals surface area contributed by atoms with Crippen molar-refractivity contribution in [3.63, 3.8) is 0 Å². The van der Waals surface area contributed by atoms with Crippen LogP contribution in [0, 0.1) is 0 Å². The van der Waals surface area contributed by atoms with Crippen molar-refractivity contribution in [2.24, 2.45) is 0 Å². The van der Waals surface area contributed by atoms with Crippen LogP contribution in [-0.4, -0.2) is 35.8 Å². The predicted molar refractivity (Wildman–Crippen MR) is 501 cm³/mol. The Labute approximate surface area is 708 Å². The van der Waals surface area contributed by atoms with E-state index >= 15 is 0 Å². The van der Waals surface area contributed by atoms with E-state index in [1.807, 2.05) is 24.5 Å². The van der Waals surface area contributed by atoms with Gasteiger partial charge in [0.05, 0.1) is 49.9 Å². The van der Waals surface area contributed by atoms with Crippen LogP contribution < -0.4 is 36.0 Å². The number of para-hydroxylation sites is 6. The molecule has 0 fully saturated rings. The minimum absolute atomic E-state index is 0.00337. The quantitative estimate of drug-likeness (QED) is 0.0787. The fraction of sp³-hybridized carbons (Fsp3) is 0.111. The molecule has 582 valence electrons. The smallest absolute Gasteiger partial charge is 0.252 e. The van der Waals surface area contributed by atoms with Crippen LogP contribution in [0.1, 0.15) is 74.9 Å². The van der Waals surface area contributed by atoms with Crippen LogP contribution in [0.25, 0.3) is 78.7 Å². The number of benzene rings is 14. The summed E-state index contributed by atoms with van der Waals surface area (Å²) >= 11 is 7.67. The lowest BCUT2D eigenvalue weighted by Crippen LogP contribution is -2.62. The fourth-order valence-corrected chi connectivity index (χ4v) is 17.5. The van der Waals surface area contributed by atoms with Crippen molar-refractivity contribution in [1.29, 1.82) is 0 Å². The van der Waals surface area contributed by atoms with Gasteiger partial charge in [0.2, 0.25) is 0 Å². The van der Waals surface area contributed by atoms with Gasteiger partial charge in [-0.25, -0.2) is 9.97 Å². The van der Waals surface area contributed by atoms with Crippen LogP contribution >= 0.6 is 11.6 Å². The van der Waals surface area contributed by atoms with Gasteiger partial charge >= 0.3 is 0 Å². The zero-order chi connectivity index (χ0) is 81.4. The molecule has 0 saturated carbocycles. The molecule has 2 aliphatic rings. The number of imidazole rings is 2. The third kappa shape index (κ3) is 15.1. The molecule has 0 saturated heterocycles. The third-order valence-corrected chi connectivity index (χ3v) is 23.7. The summed E-state index contributed by atoms with van der Waals surface area (Å²) in [6, 6.07) is 134. The molecule has 2 aliphatic heterocycles. The Morgan fingerprint density at radius 1 is 0.325 bits per heavy atom. The molecule has 0 bridgehead atoms. The molecule has 20 rings (SSSR count). The highest BCUT2D eigenvalue weighted by atomic mass is 35.5. The normalized spacial score (nSPS) is 12.2. The number of rotatable bonds is 18. The Morgan fingerprint density at radius 2 is 0.692 bits per heavy atom. The van der Waals surface area contributed by atoms with Gasteiger partial charge in [-0.2, -0.15) is 0 Å². The first-order chi connectivity index (χ1) is 58.7. The van der Waals surface area contributed by atoms with E-state index in [2.05, 4.69) is 434 Å². The van der Waals surface area contributed by atoms with E-state index in [1.165, 1.54) is 72.5 Å². The van der Waals surface area contributed by atoms with Gasteiger partial charge in [0.1, 0.15) is 11.6 Å². The summed E-state index contributed by atoms with van der Waals surface area (Å²) in [7, 11) is 0. The number of pyridine rings is 2. The molecule has 0 spiro atoms. The van der Waals surface area contributed by atoms with Gasteiger partial charge in [-0.1, -0.05) is 278 Å². The first-order valence-electron chi connectivity index (χ1n) is 41.3. The minimum Gasteiger partial charge on any atom is -0.338 e. The Kier molecular flexibility index (Phi) is 20.5. The number of halogens is 1. The molecule has 14 aromatic carbocycles. The summed E-state index contributed by atoms with van der Waals surface area (Å²) in [6.07, 6.45) is 3.87. The average molecular weight is 1570 g/mol. The highest BCUT2D eigenvalue weighted by Crippen LogP contribution is 2.46. The van der Waals surface area contributed by atoms with Crippen LogP contribution in [-0.2, 0) is 37.0 Å². The Bertz CT molecular complexity index is 6690. The molecule has 10 nitrogen and oxygen atoms in total. The third-order valence-electron chi connectivity index (χ3n) is 23.3. The van der Waals surface area contributed by atoms with E-state index < -0.39 is 0 Å². The molecule has 18 aromatic rings. The summed E-state index contributed by atoms with van der Waals surface area (Å²) in [4.78, 5) is 29.9. The van der Waals surface area contributed by atoms with Crippen LogP contribution in [0.4, 0.5) is 45.5 Å². The first-order valence-corrected chi connectivity index (χ1v) is 41.7. The molecule has 12 heteroatoms. The van der Waals surface area contributed by atoms with Crippen molar-refractivity contribution in [3.05, 3.63) is 427 Å². The van der Waals surface area contributed by atoms with Crippen LogP contribution in [0.2, 0.25) is 5.02 Å². The van der Waals surface area contributed by atoms with Gasteiger partial charge in [0.25, 0.3) is 6.71 Å². The van der Waals surface area contributed by atoms with Gasteiger partial charge in [-0.05, 0) is 218 Å². The summed E-state index contributed by atoms with van der Waals surface area (Å²) in [5, 5.41) is 0.669. The first kappa shape index (κ1) is 75.9. The van der Waals surface area contributed by atoms with Crippen LogP contribution in [0.5, 0.6) is 0 Å². The molecule has 0 radical (unpaired) electrons. The van der Waals surface area contributed by atoms with E-state index in [-0.39, 0.29) is 17.5 Å². The number of fused-ring (bicyclic) bond motifs is 6. The van der Waals surface area contributed by atoms with E-state index in [9.17, 15) is 0 Å². The topological polar surface area (TPSA) is 74.4 Å². The van der Waals surface area contributed by atoms with E-state index in [0.29, 0.717) is 18.1 Å². The summed E-state index contributed by atoms with van der Waals surface area (Å²) in [6.45, 7) is 16.2. The molecular formula is C108H90BClN10. The van der Waals surface area contributed by atoms with Crippen molar-refractivity contribution in [2.75, 3.05) is 19.6 Å². The second kappa shape index (κ2) is 32.4. The molecule has 0 amide bonds. The second-order valence-electron chi connectivity index (χ2n) is 33.2. The minimum atomic E-state index is -0.0412. The van der Waals surface area contributed by atoms with Crippen molar-refractivity contribution in [1.82, 2.24) is 29.1 Å².